The first-order valence-corrected chi connectivity index (χ1v) is 22.3. The first-order valence-electron chi connectivity index (χ1n) is 22.3. The summed E-state index contributed by atoms with van der Waals surface area (Å²) in [4.78, 5) is 64.0. The van der Waals surface area contributed by atoms with Crippen molar-refractivity contribution in [1.82, 2.24) is 34.8 Å². The van der Waals surface area contributed by atoms with Crippen LogP contribution in [0.25, 0.3) is 22.0 Å². The van der Waals surface area contributed by atoms with Crippen LogP contribution >= 0.6 is 0 Å². The normalized spacial score (nSPS) is 22.1. The van der Waals surface area contributed by atoms with Crippen molar-refractivity contribution in [3.8, 4) is 28.5 Å². The molecule has 10 rings (SSSR count). The number of amides is 3. The number of benzene rings is 2. The fourth-order valence-electron chi connectivity index (χ4n) is 10.8. The van der Waals surface area contributed by atoms with Crippen LogP contribution in [0.3, 0.4) is 0 Å². The standard InChI is InChI=1S/C47H56N8O7/c1-51-45(58)36-25-48-41(54-13-4-14-54)22-35(36)43(50-51)31-19-39(60-2)37(40(20-31)61-3)28-52-15-9-29(10-16-52)26-53-17-11-47(12-18-53)23-33(24-47)62-32-6-5-30-27-55(46(59)34(30)21-32)38-7-8-42(56)49-44(38)57/h5-6,19-22,25,29,33,38H,4,7-18,23-24,26-28H2,1-3H3,(H,49,56,57). The fourth-order valence-corrected chi connectivity index (χ4v) is 10.8. The molecule has 15 nitrogen and oxygen atoms in total. The number of imide groups is 1. The number of nitrogens with one attached hydrogen (secondary N) is 1. The highest BCUT2D eigenvalue weighted by Gasteiger charge is 2.47. The van der Waals surface area contributed by atoms with E-state index >= 15 is 0 Å². The number of pyridine rings is 1. The maximum absolute atomic E-state index is 13.3. The van der Waals surface area contributed by atoms with Gasteiger partial charge in [0, 0.05) is 68.9 Å². The molecule has 326 valence electrons. The first-order chi connectivity index (χ1) is 30.1. The summed E-state index contributed by atoms with van der Waals surface area (Å²) in [7, 11) is 5.07. The lowest BCUT2D eigenvalue weighted by Gasteiger charge is -2.52. The third kappa shape index (κ3) is 7.56. The number of nitrogens with zero attached hydrogens (tertiary/aromatic N) is 7. The Morgan fingerprint density at radius 2 is 1.60 bits per heavy atom. The quantitative estimate of drug-likeness (QED) is 0.212. The number of rotatable bonds is 11. The van der Waals surface area contributed by atoms with E-state index in [9.17, 15) is 19.2 Å². The Kier molecular flexibility index (Phi) is 10.7. The number of aryl methyl sites for hydroxylation is 1. The Labute approximate surface area is 361 Å². The maximum atomic E-state index is 13.3. The number of hydrogen-bond acceptors (Lipinski definition) is 12. The van der Waals surface area contributed by atoms with Gasteiger partial charge in [-0.2, -0.15) is 5.10 Å². The van der Waals surface area contributed by atoms with Gasteiger partial charge in [0.05, 0.1) is 37.0 Å². The lowest BCUT2D eigenvalue weighted by molar-refractivity contribution is -0.136. The second-order valence-electron chi connectivity index (χ2n) is 18.5. The Morgan fingerprint density at radius 3 is 2.27 bits per heavy atom. The largest absolute Gasteiger partial charge is 0.496 e. The molecule has 0 bridgehead atoms. The molecule has 1 atom stereocenters. The number of hydrogen-bond donors (Lipinski definition) is 1. The molecule has 2 aromatic carbocycles. The highest BCUT2D eigenvalue weighted by atomic mass is 16.5. The average Bonchev–Trinajstić information content (AvgIpc) is 3.57. The minimum absolute atomic E-state index is 0.144. The molecule has 4 aromatic rings. The molecule has 1 aliphatic carbocycles. The van der Waals surface area contributed by atoms with Crippen molar-refractivity contribution in [1.29, 1.82) is 0 Å². The predicted octanol–water partition coefficient (Wildman–Crippen LogP) is 4.52. The lowest BCUT2D eigenvalue weighted by atomic mass is 9.61. The van der Waals surface area contributed by atoms with Gasteiger partial charge in [0.1, 0.15) is 29.1 Å². The van der Waals surface area contributed by atoms with Crippen molar-refractivity contribution in [2.45, 2.75) is 83.0 Å². The topological polar surface area (TPSA) is 152 Å². The van der Waals surface area contributed by atoms with Crippen molar-refractivity contribution < 1.29 is 28.6 Å². The molecule has 1 N–H and O–H groups in total. The van der Waals surface area contributed by atoms with Crippen LogP contribution < -0.4 is 30.0 Å². The van der Waals surface area contributed by atoms with Gasteiger partial charge in [-0.15, -0.1) is 0 Å². The number of fused-ring (bicyclic) bond motifs is 2. The molecule has 6 aliphatic rings. The van der Waals surface area contributed by atoms with Crippen LogP contribution in [0.2, 0.25) is 0 Å². The van der Waals surface area contributed by atoms with E-state index in [1.54, 1.807) is 32.4 Å². The number of ether oxygens (including phenoxy) is 3. The molecule has 0 radical (unpaired) electrons. The molecule has 4 saturated heterocycles. The SMILES string of the molecule is COc1cc(-c2nn(C)c(=O)c3cnc(N4CCC4)cc23)cc(OC)c1CN1CCC(CN2CCC3(CC2)CC(Oc2ccc4c(c2)C(=O)N(C2CCC(=O)NC2=O)C4)C3)CC1. The van der Waals surface area contributed by atoms with Gasteiger partial charge >= 0.3 is 0 Å². The summed E-state index contributed by atoms with van der Waals surface area (Å²) in [6.45, 7) is 8.41. The van der Waals surface area contributed by atoms with E-state index in [1.165, 1.54) is 17.5 Å². The summed E-state index contributed by atoms with van der Waals surface area (Å²) < 4.78 is 19.8. The number of carbonyl (C=O) groups is 3. The first kappa shape index (κ1) is 40.5. The maximum Gasteiger partial charge on any atom is 0.275 e. The van der Waals surface area contributed by atoms with Gasteiger partial charge < -0.3 is 28.9 Å². The molecule has 62 heavy (non-hydrogen) atoms. The van der Waals surface area contributed by atoms with Gasteiger partial charge in [0.2, 0.25) is 11.8 Å². The highest BCUT2D eigenvalue weighted by molar-refractivity contribution is 6.05. The second-order valence-corrected chi connectivity index (χ2v) is 18.5. The molecule has 1 saturated carbocycles. The molecule has 1 spiro atoms. The minimum atomic E-state index is -0.615. The summed E-state index contributed by atoms with van der Waals surface area (Å²) in [6.07, 6.45) is 10.3. The monoisotopic (exact) mass is 844 g/mol. The van der Waals surface area contributed by atoms with E-state index in [4.69, 9.17) is 19.3 Å². The number of likely N-dealkylation sites (tertiary alicyclic amines) is 2. The molecule has 1 unspecified atom stereocenters. The van der Waals surface area contributed by atoms with Crippen molar-refractivity contribution in [2.24, 2.45) is 18.4 Å². The summed E-state index contributed by atoms with van der Waals surface area (Å²) >= 11 is 0. The summed E-state index contributed by atoms with van der Waals surface area (Å²) in [6, 6.07) is 11.1. The van der Waals surface area contributed by atoms with Crippen molar-refractivity contribution in [3.63, 3.8) is 0 Å². The summed E-state index contributed by atoms with van der Waals surface area (Å²) in [5.74, 6) is 2.87. The number of piperidine rings is 3. The Morgan fingerprint density at radius 1 is 0.855 bits per heavy atom. The Balaban J connectivity index is 0.709. The minimum Gasteiger partial charge on any atom is -0.496 e. The third-order valence-electron chi connectivity index (χ3n) is 14.6. The third-order valence-corrected chi connectivity index (χ3v) is 14.6. The highest BCUT2D eigenvalue weighted by Crippen LogP contribution is 2.51. The van der Waals surface area contributed by atoms with Gasteiger partial charge in [-0.3, -0.25) is 29.4 Å². The van der Waals surface area contributed by atoms with E-state index in [1.807, 2.05) is 36.4 Å². The van der Waals surface area contributed by atoms with Gasteiger partial charge in [0.25, 0.3) is 11.5 Å². The molecule has 2 aromatic heterocycles. The van der Waals surface area contributed by atoms with Crippen LogP contribution in [0.5, 0.6) is 17.2 Å². The van der Waals surface area contributed by atoms with Crippen LogP contribution in [0.1, 0.15) is 79.3 Å². The fraction of sp³-hybridized carbons (Fsp3) is 0.532. The molecule has 5 fully saturated rings. The van der Waals surface area contributed by atoms with E-state index in [0.717, 1.165) is 124 Å². The van der Waals surface area contributed by atoms with Crippen molar-refractivity contribution >= 4 is 34.3 Å². The number of methoxy groups -OCH3 is 2. The van der Waals surface area contributed by atoms with Gasteiger partial charge in [-0.05, 0) is 125 Å². The van der Waals surface area contributed by atoms with Gasteiger partial charge in [0.15, 0.2) is 0 Å². The lowest BCUT2D eigenvalue weighted by Crippen LogP contribution is -2.52. The Hall–Kier alpha value is -5.54. The zero-order valence-corrected chi connectivity index (χ0v) is 36.0. The van der Waals surface area contributed by atoms with Gasteiger partial charge in [-0.25, -0.2) is 9.67 Å². The van der Waals surface area contributed by atoms with E-state index in [0.29, 0.717) is 46.7 Å². The van der Waals surface area contributed by atoms with E-state index in [2.05, 4.69) is 25.0 Å². The molecule has 15 heteroatoms. The second kappa shape index (κ2) is 16.3. The van der Waals surface area contributed by atoms with Crippen LogP contribution in [0.4, 0.5) is 5.82 Å². The molecule has 7 heterocycles. The molecular formula is C47H56N8O7. The predicted molar refractivity (Wildman–Crippen MR) is 232 cm³/mol. The van der Waals surface area contributed by atoms with Crippen molar-refractivity contribution in [3.05, 3.63) is 69.6 Å². The molecule has 5 aliphatic heterocycles. The average molecular weight is 845 g/mol. The van der Waals surface area contributed by atoms with Gasteiger partial charge in [-0.1, -0.05) is 6.07 Å². The molecular weight excluding hydrogens is 789 g/mol. The zero-order chi connectivity index (χ0) is 42.7. The van der Waals surface area contributed by atoms with Crippen LogP contribution in [-0.2, 0) is 29.7 Å². The van der Waals surface area contributed by atoms with E-state index in [-0.39, 0.29) is 29.9 Å². The zero-order valence-electron chi connectivity index (χ0n) is 36.0. The van der Waals surface area contributed by atoms with Crippen LogP contribution in [-0.4, -0.2) is 119 Å². The van der Waals surface area contributed by atoms with Crippen LogP contribution in [0, 0.1) is 11.3 Å². The van der Waals surface area contributed by atoms with Crippen molar-refractivity contribution in [2.75, 3.05) is 64.9 Å². The summed E-state index contributed by atoms with van der Waals surface area (Å²) in [5, 5.41) is 8.41. The van der Waals surface area contributed by atoms with E-state index < -0.39 is 11.9 Å². The smallest absolute Gasteiger partial charge is 0.275 e. The summed E-state index contributed by atoms with van der Waals surface area (Å²) in [5.41, 5.74) is 4.18. The Bertz CT molecular complexity index is 2450. The van der Waals surface area contributed by atoms with Crippen LogP contribution in [0.15, 0.2) is 47.4 Å². The molecule has 3 amide bonds. The number of carbonyl (C=O) groups excluding carboxylic acids is 3. The number of anilines is 1. The number of aromatic nitrogens is 3.